The molecule has 14 heteroatoms. The smallest absolute Gasteiger partial charge is 0.465 e. The van der Waals surface area contributed by atoms with Crippen molar-refractivity contribution in [1.29, 1.82) is 0 Å². The molecule has 0 aromatic heterocycles. The Morgan fingerprint density at radius 3 is 2.09 bits per heavy atom. The highest BCUT2D eigenvalue weighted by atomic mass is 16.7. The Kier molecular flexibility index (Phi) is 15.8. The third-order valence-corrected chi connectivity index (χ3v) is 4.43. The average molecular weight is 508 g/mol. The van der Waals surface area contributed by atoms with Crippen LogP contribution in [0.25, 0.3) is 0 Å². The molecule has 4 N–H and O–H groups in total. The third-order valence-electron chi connectivity index (χ3n) is 4.43. The highest BCUT2D eigenvalue weighted by molar-refractivity contribution is 5.82. The zero-order valence-electron chi connectivity index (χ0n) is 20.9. The number of ether oxygens (including phenoxy) is 7. The summed E-state index contributed by atoms with van der Waals surface area (Å²) in [5, 5.41) is 0. The van der Waals surface area contributed by atoms with E-state index >= 15 is 0 Å². The number of methoxy groups -OCH3 is 2. The van der Waals surface area contributed by atoms with Crippen LogP contribution in [-0.2, 0) is 47.5 Å². The Labute approximate surface area is 204 Å². The fraction of sp³-hybridized carbons (Fsp3) is 0.762. The van der Waals surface area contributed by atoms with Crippen molar-refractivity contribution in [1.82, 2.24) is 0 Å². The molecular weight excluding hydrogens is 470 g/mol. The lowest BCUT2D eigenvalue weighted by molar-refractivity contribution is -0.178. The number of carbonyl (C=O) groups excluding carboxylic acids is 4. The van der Waals surface area contributed by atoms with Crippen LogP contribution >= 0.6 is 0 Å². The van der Waals surface area contributed by atoms with Gasteiger partial charge in [0.25, 0.3) is 0 Å². The minimum Gasteiger partial charge on any atom is -0.465 e. The molecule has 0 aliphatic carbocycles. The monoisotopic (exact) mass is 507 g/mol. The lowest BCUT2D eigenvalue weighted by Gasteiger charge is -2.27. The first kappa shape index (κ1) is 31.9. The Hall–Kier alpha value is -3.13. The summed E-state index contributed by atoms with van der Waals surface area (Å²) in [6.07, 6.45) is -2.17. The molecule has 0 fully saturated rings. The average Bonchev–Trinajstić information content (AvgIpc) is 2.82. The number of unbranched alkanes of at least 4 members (excludes halogenated alkanes) is 1. The molecule has 0 aromatic rings. The Morgan fingerprint density at radius 1 is 0.829 bits per heavy atom. The summed E-state index contributed by atoms with van der Waals surface area (Å²) in [5.41, 5.74) is 8.92. The van der Waals surface area contributed by atoms with Gasteiger partial charge in [0, 0.05) is 20.8 Å². The number of hydrogen-bond acceptors (Lipinski definition) is 12. The molecule has 0 saturated heterocycles. The van der Waals surface area contributed by atoms with Crippen LogP contribution in [0.4, 0.5) is 4.79 Å². The number of carbonyl (C=O) groups is 4. The molecule has 0 heterocycles. The molecule has 1 unspecified atom stereocenters. The quantitative estimate of drug-likeness (QED) is 0.0870. The van der Waals surface area contributed by atoms with E-state index in [1.54, 1.807) is 0 Å². The molecule has 0 aromatic carbocycles. The summed E-state index contributed by atoms with van der Waals surface area (Å²) >= 11 is 0. The number of esters is 3. The fourth-order valence-electron chi connectivity index (χ4n) is 2.15. The van der Waals surface area contributed by atoms with Gasteiger partial charge in [0.05, 0.1) is 13.2 Å². The normalized spacial score (nSPS) is 14.0. The van der Waals surface area contributed by atoms with Crippen LogP contribution in [0.5, 0.6) is 0 Å². The van der Waals surface area contributed by atoms with Gasteiger partial charge in [-0.15, -0.1) is 0 Å². The summed E-state index contributed by atoms with van der Waals surface area (Å²) in [7, 11) is 2.74. The third kappa shape index (κ3) is 14.0. The predicted octanol–water partition coefficient (Wildman–Crippen LogP) is -0.101. The standard InChI is InChI=1S/C21H37N3O11/c1-14(30-5)17(26)35-15(2)16(25)33-12-21(3,13-34-20(28)32-11-10-29-4)18(27)31-9-7-6-8-24-19(22)23/h14-15H,6-13H2,1-5H3,(H4,22,23,24)/t14-,15-,21?/m1/s1. The van der Waals surface area contributed by atoms with Gasteiger partial charge in [-0.25, -0.2) is 14.4 Å². The number of nitrogens with two attached hydrogens (primary N) is 2. The number of hydrogen-bond donors (Lipinski definition) is 2. The van der Waals surface area contributed by atoms with Crippen LogP contribution in [0.1, 0.15) is 33.6 Å². The van der Waals surface area contributed by atoms with E-state index in [-0.39, 0.29) is 25.8 Å². The maximum absolute atomic E-state index is 12.7. The first-order valence-corrected chi connectivity index (χ1v) is 10.9. The lowest BCUT2D eigenvalue weighted by Crippen LogP contribution is -2.42. The second-order valence-corrected chi connectivity index (χ2v) is 7.65. The van der Waals surface area contributed by atoms with Crippen molar-refractivity contribution in [2.75, 3.05) is 53.8 Å². The molecule has 0 rings (SSSR count). The molecule has 0 saturated carbocycles. The van der Waals surface area contributed by atoms with Gasteiger partial charge in [-0.1, -0.05) is 0 Å². The maximum atomic E-state index is 12.7. The van der Waals surface area contributed by atoms with Gasteiger partial charge in [0.1, 0.15) is 25.2 Å². The van der Waals surface area contributed by atoms with Crippen molar-refractivity contribution < 1.29 is 52.3 Å². The van der Waals surface area contributed by atoms with Crippen LogP contribution in [0.2, 0.25) is 0 Å². The van der Waals surface area contributed by atoms with E-state index in [1.807, 2.05) is 0 Å². The van der Waals surface area contributed by atoms with Crippen molar-refractivity contribution >= 4 is 30.0 Å². The molecular formula is C21H37N3O11. The van der Waals surface area contributed by atoms with Crippen LogP contribution < -0.4 is 11.5 Å². The van der Waals surface area contributed by atoms with Gasteiger partial charge < -0.3 is 44.6 Å². The topological polar surface area (TPSA) is 197 Å². The van der Waals surface area contributed by atoms with E-state index in [4.69, 9.17) is 44.6 Å². The van der Waals surface area contributed by atoms with Gasteiger partial charge in [-0.2, -0.15) is 0 Å². The van der Waals surface area contributed by atoms with Crippen molar-refractivity contribution in [3.8, 4) is 0 Å². The fourth-order valence-corrected chi connectivity index (χ4v) is 2.15. The first-order valence-electron chi connectivity index (χ1n) is 10.9. The van der Waals surface area contributed by atoms with E-state index in [0.29, 0.717) is 19.4 Å². The molecule has 0 aliphatic heterocycles. The molecule has 14 nitrogen and oxygen atoms in total. The van der Waals surface area contributed by atoms with E-state index < -0.39 is 54.9 Å². The molecule has 0 aliphatic rings. The molecule has 35 heavy (non-hydrogen) atoms. The number of nitrogens with zero attached hydrogens (tertiary/aromatic N) is 1. The van der Waals surface area contributed by atoms with E-state index in [1.165, 1.54) is 35.0 Å². The van der Waals surface area contributed by atoms with Crippen molar-refractivity contribution in [3.63, 3.8) is 0 Å². The van der Waals surface area contributed by atoms with Crippen LogP contribution in [-0.4, -0.2) is 96.0 Å². The minimum atomic E-state index is -1.57. The van der Waals surface area contributed by atoms with Gasteiger partial charge in [-0.3, -0.25) is 9.79 Å². The minimum absolute atomic E-state index is 0.0313. The summed E-state index contributed by atoms with van der Waals surface area (Å²) < 4.78 is 34.7. The summed E-state index contributed by atoms with van der Waals surface area (Å²) in [6, 6.07) is 0. The molecule has 0 spiro atoms. The zero-order chi connectivity index (χ0) is 26.9. The number of rotatable bonds is 17. The van der Waals surface area contributed by atoms with Crippen molar-refractivity contribution in [2.24, 2.45) is 21.9 Å². The van der Waals surface area contributed by atoms with Crippen LogP contribution in [0, 0.1) is 5.41 Å². The van der Waals surface area contributed by atoms with Gasteiger partial charge >= 0.3 is 24.1 Å². The van der Waals surface area contributed by atoms with Gasteiger partial charge in [-0.05, 0) is 33.6 Å². The molecule has 3 atom stereocenters. The van der Waals surface area contributed by atoms with Gasteiger partial charge in [0.2, 0.25) is 0 Å². The SMILES string of the molecule is COCCOC(=O)OCC(C)(COC(=O)[C@@H](C)OC(=O)[C@@H](C)OC)C(=O)OCCCCN=C(N)N. The second-order valence-electron chi connectivity index (χ2n) is 7.65. The summed E-state index contributed by atoms with van der Waals surface area (Å²) in [6.45, 7) is 3.61. The van der Waals surface area contributed by atoms with Crippen LogP contribution in [0.3, 0.4) is 0 Å². The van der Waals surface area contributed by atoms with Crippen LogP contribution in [0.15, 0.2) is 4.99 Å². The molecule has 0 amide bonds. The molecule has 0 radical (unpaired) electrons. The number of aliphatic imine (C=N–C) groups is 1. The highest BCUT2D eigenvalue weighted by Gasteiger charge is 2.39. The zero-order valence-corrected chi connectivity index (χ0v) is 20.9. The Morgan fingerprint density at radius 2 is 1.49 bits per heavy atom. The summed E-state index contributed by atoms with van der Waals surface area (Å²) in [4.78, 5) is 52.4. The highest BCUT2D eigenvalue weighted by Crippen LogP contribution is 2.21. The Bertz CT molecular complexity index is 713. The lowest BCUT2D eigenvalue weighted by atomic mass is 9.93. The molecule has 0 bridgehead atoms. The predicted molar refractivity (Wildman–Crippen MR) is 121 cm³/mol. The van der Waals surface area contributed by atoms with Crippen molar-refractivity contribution in [3.05, 3.63) is 0 Å². The van der Waals surface area contributed by atoms with E-state index in [2.05, 4.69) is 4.99 Å². The van der Waals surface area contributed by atoms with Crippen molar-refractivity contribution in [2.45, 2.75) is 45.8 Å². The van der Waals surface area contributed by atoms with E-state index in [0.717, 1.165) is 0 Å². The maximum Gasteiger partial charge on any atom is 0.508 e. The summed E-state index contributed by atoms with van der Waals surface area (Å²) in [5.74, 6) is -2.50. The van der Waals surface area contributed by atoms with Gasteiger partial charge in [0.15, 0.2) is 18.2 Å². The Balaban J connectivity index is 5.01. The molecule has 202 valence electrons. The second kappa shape index (κ2) is 17.3. The number of guanidine groups is 1. The first-order chi connectivity index (χ1) is 16.5. The largest absolute Gasteiger partial charge is 0.508 e. The van der Waals surface area contributed by atoms with E-state index in [9.17, 15) is 19.2 Å².